The van der Waals surface area contributed by atoms with Crippen molar-refractivity contribution >= 4 is 5.97 Å². The number of hydrogen-bond acceptors (Lipinski definition) is 4. The maximum Gasteiger partial charge on any atom is 0.422 e. The Balaban J connectivity index is 2.61. The summed E-state index contributed by atoms with van der Waals surface area (Å²) in [7, 11) is 0. The minimum Gasteiger partial charge on any atom is -0.545 e. The van der Waals surface area contributed by atoms with Gasteiger partial charge in [-0.15, -0.1) is 0 Å². The lowest BCUT2D eigenvalue weighted by molar-refractivity contribution is -0.255. The van der Waals surface area contributed by atoms with Crippen molar-refractivity contribution in [2.24, 2.45) is 0 Å². The van der Waals surface area contributed by atoms with Gasteiger partial charge in [-0.25, -0.2) is 4.98 Å². The van der Waals surface area contributed by atoms with Crippen LogP contribution in [0.25, 0.3) is 0 Å². The van der Waals surface area contributed by atoms with Gasteiger partial charge in [-0.2, -0.15) is 13.2 Å². The number of aromatic nitrogens is 1. The van der Waals surface area contributed by atoms with Crippen LogP contribution in [0.15, 0.2) is 18.3 Å². The highest BCUT2D eigenvalue weighted by atomic mass is 19.4. The second kappa shape index (κ2) is 4.16. The summed E-state index contributed by atoms with van der Waals surface area (Å²) in [5.41, 5.74) is -0.227. The molecule has 0 aromatic carbocycles. The van der Waals surface area contributed by atoms with Gasteiger partial charge < -0.3 is 14.6 Å². The molecule has 1 heterocycles. The quantitative estimate of drug-likeness (QED) is 0.739. The lowest BCUT2D eigenvalue weighted by Crippen LogP contribution is -2.22. The number of aromatic carboxylic acids is 1. The number of rotatable bonds is 3. The fourth-order valence-electron chi connectivity index (χ4n) is 0.742. The van der Waals surface area contributed by atoms with Crippen molar-refractivity contribution in [1.29, 1.82) is 0 Å². The van der Waals surface area contributed by atoms with E-state index < -0.39 is 18.8 Å². The molecule has 0 bridgehead atoms. The predicted octanol–water partition coefficient (Wildman–Crippen LogP) is 0.386. The Labute approximate surface area is 82.3 Å². The molecule has 1 aromatic rings. The van der Waals surface area contributed by atoms with Crippen LogP contribution >= 0.6 is 0 Å². The number of hydrogen-bond donors (Lipinski definition) is 0. The Hall–Kier alpha value is -1.79. The summed E-state index contributed by atoms with van der Waals surface area (Å²) in [6.45, 7) is -1.47. The SMILES string of the molecule is O=C([O-])c1ccc(OCC(F)(F)F)nc1. The normalized spacial score (nSPS) is 11.1. The molecule has 0 N–H and O–H groups in total. The van der Waals surface area contributed by atoms with E-state index in [0.717, 1.165) is 18.3 Å². The monoisotopic (exact) mass is 220 g/mol. The van der Waals surface area contributed by atoms with Crippen LogP contribution in [0.3, 0.4) is 0 Å². The van der Waals surface area contributed by atoms with Gasteiger partial charge in [-0.05, 0) is 6.07 Å². The van der Waals surface area contributed by atoms with E-state index in [0.29, 0.717) is 0 Å². The second-order valence-electron chi connectivity index (χ2n) is 2.58. The zero-order chi connectivity index (χ0) is 11.5. The van der Waals surface area contributed by atoms with Crippen LogP contribution in [0, 0.1) is 0 Å². The maximum absolute atomic E-state index is 11.7. The molecular weight excluding hydrogens is 215 g/mol. The van der Waals surface area contributed by atoms with Gasteiger partial charge in [0.15, 0.2) is 6.61 Å². The molecule has 0 spiro atoms. The standard InChI is InChI=1S/C8H6F3NO3/c9-8(10,11)4-15-6-2-1-5(3-12-6)7(13)14/h1-3H,4H2,(H,13,14)/p-1. The molecule has 7 heteroatoms. The van der Waals surface area contributed by atoms with E-state index in [2.05, 4.69) is 9.72 Å². The second-order valence-corrected chi connectivity index (χ2v) is 2.58. The number of nitrogens with zero attached hydrogens (tertiary/aromatic N) is 1. The Morgan fingerprint density at radius 1 is 1.47 bits per heavy atom. The smallest absolute Gasteiger partial charge is 0.422 e. The van der Waals surface area contributed by atoms with Crippen LogP contribution in [0.1, 0.15) is 10.4 Å². The van der Waals surface area contributed by atoms with E-state index in [1.807, 2.05) is 0 Å². The molecule has 1 rings (SSSR count). The molecule has 0 saturated carbocycles. The fourth-order valence-corrected chi connectivity index (χ4v) is 0.742. The van der Waals surface area contributed by atoms with Crippen LogP contribution in [0.4, 0.5) is 13.2 Å². The highest BCUT2D eigenvalue weighted by Crippen LogP contribution is 2.16. The molecule has 0 radical (unpaired) electrons. The summed E-state index contributed by atoms with van der Waals surface area (Å²) in [6.07, 6.45) is -3.59. The molecule has 0 unspecified atom stereocenters. The summed E-state index contributed by atoms with van der Waals surface area (Å²) in [4.78, 5) is 13.6. The van der Waals surface area contributed by atoms with Gasteiger partial charge in [-0.3, -0.25) is 0 Å². The van der Waals surface area contributed by atoms with Crippen molar-refractivity contribution < 1.29 is 27.8 Å². The van der Waals surface area contributed by atoms with Crippen LogP contribution in [0.2, 0.25) is 0 Å². The van der Waals surface area contributed by atoms with Crippen LogP contribution in [0.5, 0.6) is 5.88 Å². The van der Waals surface area contributed by atoms with Gasteiger partial charge in [0.25, 0.3) is 0 Å². The molecule has 0 aliphatic heterocycles. The van der Waals surface area contributed by atoms with E-state index in [-0.39, 0.29) is 11.4 Å². The van der Waals surface area contributed by atoms with Crippen molar-refractivity contribution in [1.82, 2.24) is 4.98 Å². The van der Waals surface area contributed by atoms with Crippen molar-refractivity contribution in [3.63, 3.8) is 0 Å². The first kappa shape index (κ1) is 11.3. The predicted molar refractivity (Wildman–Crippen MR) is 40.1 cm³/mol. The number of pyridine rings is 1. The van der Waals surface area contributed by atoms with Gasteiger partial charge in [-0.1, -0.05) is 0 Å². The van der Waals surface area contributed by atoms with Gasteiger partial charge in [0.2, 0.25) is 5.88 Å². The molecule has 82 valence electrons. The lowest BCUT2D eigenvalue weighted by atomic mass is 10.3. The number of halogens is 3. The summed E-state index contributed by atoms with van der Waals surface area (Å²) >= 11 is 0. The third-order valence-corrected chi connectivity index (χ3v) is 1.36. The number of carboxylic acid groups (broad SMARTS) is 1. The van der Waals surface area contributed by atoms with E-state index in [4.69, 9.17) is 0 Å². The van der Waals surface area contributed by atoms with Crippen molar-refractivity contribution in [2.45, 2.75) is 6.18 Å². The van der Waals surface area contributed by atoms with Crippen molar-refractivity contribution in [2.75, 3.05) is 6.61 Å². The lowest BCUT2D eigenvalue weighted by Gasteiger charge is -2.08. The first-order valence-electron chi connectivity index (χ1n) is 3.75. The Morgan fingerprint density at radius 2 is 2.13 bits per heavy atom. The average molecular weight is 220 g/mol. The largest absolute Gasteiger partial charge is 0.545 e. The Bertz CT molecular complexity index is 347. The molecule has 15 heavy (non-hydrogen) atoms. The van der Waals surface area contributed by atoms with Crippen molar-refractivity contribution in [3.8, 4) is 5.88 Å². The molecule has 0 aliphatic carbocycles. The third kappa shape index (κ3) is 3.84. The summed E-state index contributed by atoms with van der Waals surface area (Å²) in [5.74, 6) is -1.75. The molecular formula is C8H5F3NO3-. The zero-order valence-electron chi connectivity index (χ0n) is 7.25. The van der Waals surface area contributed by atoms with Gasteiger partial charge in [0.1, 0.15) is 0 Å². The summed E-state index contributed by atoms with van der Waals surface area (Å²) in [5, 5.41) is 10.3. The Kier molecular flexibility index (Phi) is 3.13. The van der Waals surface area contributed by atoms with Crippen LogP contribution in [-0.2, 0) is 0 Å². The number of carboxylic acids is 1. The first-order chi connectivity index (χ1) is 6.88. The molecule has 0 atom stereocenters. The number of ether oxygens (including phenoxy) is 1. The molecule has 4 nitrogen and oxygen atoms in total. The molecule has 0 saturated heterocycles. The fraction of sp³-hybridized carbons (Fsp3) is 0.250. The highest BCUT2D eigenvalue weighted by Gasteiger charge is 2.28. The molecule has 0 aliphatic rings. The maximum atomic E-state index is 11.7. The minimum atomic E-state index is -4.45. The molecule has 1 aromatic heterocycles. The topological polar surface area (TPSA) is 62.2 Å². The van der Waals surface area contributed by atoms with E-state index in [9.17, 15) is 23.1 Å². The van der Waals surface area contributed by atoms with Gasteiger partial charge in [0.05, 0.1) is 5.97 Å². The molecule has 0 amide bonds. The van der Waals surface area contributed by atoms with Gasteiger partial charge >= 0.3 is 6.18 Å². The van der Waals surface area contributed by atoms with E-state index >= 15 is 0 Å². The summed E-state index contributed by atoms with van der Waals surface area (Å²) in [6, 6.07) is 2.07. The molecule has 0 fully saturated rings. The van der Waals surface area contributed by atoms with E-state index in [1.165, 1.54) is 0 Å². The summed E-state index contributed by atoms with van der Waals surface area (Å²) < 4.78 is 39.3. The van der Waals surface area contributed by atoms with E-state index in [1.54, 1.807) is 0 Å². The van der Waals surface area contributed by atoms with Gasteiger partial charge in [0, 0.05) is 17.8 Å². The Morgan fingerprint density at radius 3 is 2.53 bits per heavy atom. The number of carbonyl (C=O) groups excluding carboxylic acids is 1. The van der Waals surface area contributed by atoms with Crippen LogP contribution < -0.4 is 9.84 Å². The minimum absolute atomic E-state index is 0.227. The zero-order valence-corrected chi connectivity index (χ0v) is 7.25. The number of alkyl halides is 3. The third-order valence-electron chi connectivity index (χ3n) is 1.36. The number of carbonyl (C=O) groups is 1. The average Bonchev–Trinajstić information content (AvgIpc) is 2.14. The van der Waals surface area contributed by atoms with Crippen LogP contribution in [-0.4, -0.2) is 23.7 Å². The highest BCUT2D eigenvalue weighted by molar-refractivity contribution is 5.85. The van der Waals surface area contributed by atoms with Crippen molar-refractivity contribution in [3.05, 3.63) is 23.9 Å². The first-order valence-corrected chi connectivity index (χ1v) is 3.75.